The fraction of sp³-hybridized carbons (Fsp3) is 0.979. The highest BCUT2D eigenvalue weighted by Gasteiger charge is 2.73. The van der Waals surface area contributed by atoms with Gasteiger partial charge in [0.05, 0.1) is 42.7 Å². The molecule has 0 radical (unpaired) electrons. The van der Waals surface area contributed by atoms with Crippen molar-refractivity contribution in [3.63, 3.8) is 0 Å². The monoisotopic (exact) mass is 931 g/mol. The second kappa shape index (κ2) is 17.4. The maximum Gasteiger partial charge on any atom is 0.187 e. The first-order valence-corrected chi connectivity index (χ1v) is 24.1. The van der Waals surface area contributed by atoms with Crippen molar-refractivity contribution in [2.45, 2.75) is 223 Å². The second-order valence-corrected chi connectivity index (χ2v) is 23.3. The summed E-state index contributed by atoms with van der Waals surface area (Å²) in [7, 11) is 0. The molecule has 0 aromatic carbocycles. The fourth-order valence-electron chi connectivity index (χ4n) is 15.4. The first-order chi connectivity index (χ1) is 30.2. The van der Waals surface area contributed by atoms with E-state index in [-0.39, 0.29) is 35.1 Å². The van der Waals surface area contributed by atoms with E-state index in [2.05, 4.69) is 34.6 Å². The Hall–Kier alpha value is -1.01. The highest BCUT2D eigenvalue weighted by molar-refractivity contribution is 5.84. The van der Waals surface area contributed by atoms with Crippen LogP contribution in [0.25, 0.3) is 0 Å². The standard InChI is InChI=1S/C47H78O18/c1-20-30(51)32(53)34(55)39(61-20)65-37-36(64-40-35(56)33(54)31(52)25(18-48)62-40)24(50)19-60-41(37)63-28-12-13-44(6)26(42(28,2)3)11-15-45(7)27(44)17-23(49)29-21(9-14-46(29,45)8)47(59)16-10-22(38(47)57)43(4,5)58/h20-22,24-41,48,50-59H,9-19H2,1-8H3/t20-,21-,22+,24-,25+,26?,27?,28-,29?,30-,31+,32+,33-,34+,35+,36-,37+,38-,39-,40-,41-,44-,45+,46+,47-/m0/s1. The van der Waals surface area contributed by atoms with E-state index in [0.717, 1.165) is 19.3 Å². The number of hydrogen-bond donors (Lipinski definition) is 11. The average molecular weight is 931 g/mol. The molecule has 18 heteroatoms. The molecule has 5 saturated carbocycles. The summed E-state index contributed by atoms with van der Waals surface area (Å²) in [6, 6.07) is 0. The number of aliphatic hydroxyl groups is 11. The molecule has 3 heterocycles. The Morgan fingerprint density at radius 3 is 1.94 bits per heavy atom. The molecule has 5 aliphatic carbocycles. The van der Waals surface area contributed by atoms with Crippen LogP contribution in [0.4, 0.5) is 0 Å². The lowest BCUT2D eigenvalue weighted by atomic mass is 9.35. The van der Waals surface area contributed by atoms with Gasteiger partial charge in [-0.3, -0.25) is 4.79 Å². The Kier molecular flexibility index (Phi) is 13.5. The van der Waals surface area contributed by atoms with E-state index in [0.29, 0.717) is 38.5 Å². The molecule has 3 unspecified atom stereocenters. The molecule has 374 valence electrons. The highest BCUT2D eigenvalue weighted by Crippen LogP contribution is 2.76. The second-order valence-electron chi connectivity index (χ2n) is 23.3. The summed E-state index contributed by atoms with van der Waals surface area (Å²) in [4.78, 5) is 14.8. The zero-order chi connectivity index (χ0) is 47.7. The number of carbonyl (C=O) groups excluding carboxylic acids is 1. The lowest BCUT2D eigenvalue weighted by Crippen LogP contribution is -2.67. The molecule has 11 N–H and O–H groups in total. The summed E-state index contributed by atoms with van der Waals surface area (Å²) in [6.45, 7) is 14.9. The van der Waals surface area contributed by atoms with Crippen molar-refractivity contribution >= 4 is 5.78 Å². The Bertz CT molecular complexity index is 1730. The Morgan fingerprint density at radius 2 is 1.31 bits per heavy atom. The van der Waals surface area contributed by atoms with Crippen molar-refractivity contribution in [2.24, 2.45) is 51.2 Å². The van der Waals surface area contributed by atoms with Gasteiger partial charge in [0, 0.05) is 24.2 Å². The van der Waals surface area contributed by atoms with Crippen LogP contribution in [-0.2, 0) is 33.2 Å². The number of ketones is 1. The number of rotatable bonds is 9. The molecule has 25 atom stereocenters. The summed E-state index contributed by atoms with van der Waals surface area (Å²) >= 11 is 0. The van der Waals surface area contributed by atoms with E-state index in [4.69, 9.17) is 28.4 Å². The summed E-state index contributed by atoms with van der Waals surface area (Å²) < 4.78 is 36.9. The zero-order valence-corrected chi connectivity index (χ0v) is 39.2. The van der Waals surface area contributed by atoms with Crippen LogP contribution >= 0.6 is 0 Å². The smallest absolute Gasteiger partial charge is 0.187 e. The number of aliphatic hydroxyl groups excluding tert-OH is 9. The van der Waals surface area contributed by atoms with Crippen LogP contribution in [0.5, 0.6) is 0 Å². The number of fused-ring (bicyclic) bond motifs is 5. The maximum atomic E-state index is 14.8. The molecule has 65 heavy (non-hydrogen) atoms. The van der Waals surface area contributed by atoms with Gasteiger partial charge in [-0.15, -0.1) is 0 Å². The summed E-state index contributed by atoms with van der Waals surface area (Å²) in [5, 5.41) is 120. The largest absolute Gasteiger partial charge is 0.394 e. The van der Waals surface area contributed by atoms with Crippen LogP contribution in [0.2, 0.25) is 0 Å². The van der Waals surface area contributed by atoms with Gasteiger partial charge in [-0.2, -0.15) is 0 Å². The average Bonchev–Trinajstić information content (AvgIpc) is 3.77. The predicted octanol–water partition coefficient (Wildman–Crippen LogP) is -0.376. The summed E-state index contributed by atoms with van der Waals surface area (Å²) in [5.41, 5.74) is -4.20. The van der Waals surface area contributed by atoms with Gasteiger partial charge in [0.25, 0.3) is 0 Å². The number of hydrogen-bond acceptors (Lipinski definition) is 18. The number of ether oxygens (including phenoxy) is 6. The SMILES string of the molecule is C[C@@H]1O[C@@H](O[C@H]2[C@H](O[C@H]3CC[C@@]4(C)C(CC[C@]5(C)C4CC(=O)C4[C@@H]([C@@]6(O)CC[C@@H](C(C)(C)O)[C@@H]6O)CC[C@]45C)C3(C)C)OC[C@H](O)[C@@H]2O[C@@H]2O[C@H](CO)[C@@H](O)[C@H](O)[C@H]2O)[C@H](O)[C@H](O)[C@H]1O. The molecule has 8 aliphatic rings. The van der Waals surface area contributed by atoms with Crippen molar-refractivity contribution in [3.05, 3.63) is 0 Å². The predicted molar refractivity (Wildman–Crippen MR) is 226 cm³/mol. The van der Waals surface area contributed by atoms with Crippen LogP contribution in [0.1, 0.15) is 113 Å². The molecule has 3 saturated heterocycles. The molecule has 0 spiro atoms. The minimum Gasteiger partial charge on any atom is -0.394 e. The van der Waals surface area contributed by atoms with E-state index < -0.39 is 145 Å². The third-order valence-corrected chi connectivity index (χ3v) is 19.3. The molecule has 0 amide bonds. The summed E-state index contributed by atoms with van der Waals surface area (Å²) in [5.74, 6) is -1.15. The van der Waals surface area contributed by atoms with Gasteiger partial charge in [0.2, 0.25) is 0 Å². The first kappa shape index (κ1) is 50.4. The van der Waals surface area contributed by atoms with Gasteiger partial charge < -0.3 is 84.6 Å². The minimum atomic E-state index is -1.83. The molecule has 0 aromatic heterocycles. The molecule has 0 bridgehead atoms. The van der Waals surface area contributed by atoms with Crippen LogP contribution < -0.4 is 0 Å². The fourth-order valence-corrected chi connectivity index (χ4v) is 15.4. The zero-order valence-electron chi connectivity index (χ0n) is 39.2. The van der Waals surface area contributed by atoms with E-state index in [9.17, 15) is 61.0 Å². The van der Waals surface area contributed by atoms with Gasteiger partial charge in [0.15, 0.2) is 18.9 Å². The number of Topliss-reactive ketones (excluding diaryl/α,β-unsaturated/α-hetero) is 1. The molecular formula is C47H78O18. The van der Waals surface area contributed by atoms with Gasteiger partial charge in [-0.1, -0.05) is 34.6 Å². The maximum absolute atomic E-state index is 14.8. The Balaban J connectivity index is 1.04. The lowest BCUT2D eigenvalue weighted by Gasteiger charge is -2.69. The van der Waals surface area contributed by atoms with Crippen LogP contribution in [0.15, 0.2) is 0 Å². The third-order valence-electron chi connectivity index (χ3n) is 19.3. The van der Waals surface area contributed by atoms with E-state index in [1.807, 2.05) is 0 Å². The van der Waals surface area contributed by atoms with Crippen LogP contribution in [-0.4, -0.2) is 185 Å². The topological polar surface area (TPSA) is 295 Å². The molecule has 3 aliphatic heterocycles. The van der Waals surface area contributed by atoms with Crippen molar-refractivity contribution in [3.8, 4) is 0 Å². The van der Waals surface area contributed by atoms with E-state index in [1.54, 1.807) is 13.8 Å². The van der Waals surface area contributed by atoms with Crippen molar-refractivity contribution in [2.75, 3.05) is 13.2 Å². The van der Waals surface area contributed by atoms with Gasteiger partial charge in [0.1, 0.15) is 66.8 Å². The van der Waals surface area contributed by atoms with E-state index in [1.165, 1.54) is 6.92 Å². The highest BCUT2D eigenvalue weighted by atomic mass is 16.8. The first-order valence-electron chi connectivity index (χ1n) is 24.1. The third kappa shape index (κ3) is 7.83. The molecular weight excluding hydrogens is 852 g/mol. The van der Waals surface area contributed by atoms with Crippen molar-refractivity contribution < 1.29 is 89.4 Å². The number of carbonyl (C=O) groups is 1. The van der Waals surface area contributed by atoms with E-state index >= 15 is 0 Å². The summed E-state index contributed by atoms with van der Waals surface area (Å²) in [6.07, 6.45) is -17.7. The Morgan fingerprint density at radius 1 is 0.692 bits per heavy atom. The molecule has 8 rings (SSSR count). The molecule has 8 fully saturated rings. The minimum absolute atomic E-state index is 0.0101. The van der Waals surface area contributed by atoms with Gasteiger partial charge >= 0.3 is 0 Å². The normalized spacial score (nSPS) is 55.9. The quantitative estimate of drug-likeness (QED) is 0.131. The van der Waals surface area contributed by atoms with Crippen LogP contribution in [0, 0.1) is 51.2 Å². The molecule has 0 aromatic rings. The lowest BCUT2D eigenvalue weighted by molar-refractivity contribution is -0.388. The Labute approximate surface area is 381 Å². The van der Waals surface area contributed by atoms with Crippen LogP contribution in [0.3, 0.4) is 0 Å². The van der Waals surface area contributed by atoms with Crippen molar-refractivity contribution in [1.82, 2.24) is 0 Å². The molecule has 18 nitrogen and oxygen atoms in total. The van der Waals surface area contributed by atoms with Gasteiger partial charge in [-0.25, -0.2) is 0 Å². The van der Waals surface area contributed by atoms with Gasteiger partial charge in [-0.05, 0) is 106 Å². The van der Waals surface area contributed by atoms with Crippen molar-refractivity contribution in [1.29, 1.82) is 0 Å².